The third kappa shape index (κ3) is 2.59. The molecule has 0 unspecified atom stereocenters. The Morgan fingerprint density at radius 3 is 2.25 bits per heavy atom. The Balaban J connectivity index is 3.06. The predicted molar refractivity (Wildman–Crippen MR) is 58.5 cm³/mol. The lowest BCUT2D eigenvalue weighted by molar-refractivity contribution is -0.146. The first-order chi connectivity index (χ1) is 7.34. The SMILES string of the molecule is CC(C)(Cc1ccccc1C(=O)O)C(=O)O. The van der Waals surface area contributed by atoms with E-state index in [9.17, 15) is 9.59 Å². The average molecular weight is 222 g/mol. The van der Waals surface area contributed by atoms with E-state index in [1.165, 1.54) is 6.07 Å². The summed E-state index contributed by atoms with van der Waals surface area (Å²) in [4.78, 5) is 21.9. The summed E-state index contributed by atoms with van der Waals surface area (Å²) in [5.41, 5.74) is -0.259. The number of hydrogen-bond donors (Lipinski definition) is 2. The van der Waals surface area contributed by atoms with Gasteiger partial charge in [0, 0.05) is 0 Å². The maximum atomic E-state index is 11.0. The van der Waals surface area contributed by atoms with Crippen molar-refractivity contribution < 1.29 is 19.8 Å². The largest absolute Gasteiger partial charge is 0.481 e. The molecule has 1 aromatic rings. The van der Waals surface area contributed by atoms with Crippen LogP contribution >= 0.6 is 0 Å². The van der Waals surface area contributed by atoms with Crippen LogP contribution in [0.5, 0.6) is 0 Å². The lowest BCUT2D eigenvalue weighted by Crippen LogP contribution is -2.27. The minimum absolute atomic E-state index is 0.164. The number of aliphatic carboxylic acids is 1. The Bertz CT molecular complexity index is 421. The number of rotatable bonds is 4. The van der Waals surface area contributed by atoms with Gasteiger partial charge >= 0.3 is 11.9 Å². The minimum atomic E-state index is -1.03. The zero-order chi connectivity index (χ0) is 12.3. The predicted octanol–water partition coefficient (Wildman–Crippen LogP) is 2.04. The van der Waals surface area contributed by atoms with Crippen molar-refractivity contribution in [3.05, 3.63) is 35.4 Å². The highest BCUT2D eigenvalue weighted by Gasteiger charge is 2.28. The molecule has 0 aliphatic heterocycles. The van der Waals surface area contributed by atoms with Crippen LogP contribution < -0.4 is 0 Å². The Hall–Kier alpha value is -1.84. The standard InChI is InChI=1S/C12H14O4/c1-12(2,11(15)16)7-8-5-3-4-6-9(8)10(13)14/h3-6H,7H2,1-2H3,(H,13,14)(H,15,16). The van der Waals surface area contributed by atoms with E-state index in [2.05, 4.69) is 0 Å². The maximum Gasteiger partial charge on any atom is 0.335 e. The fourth-order valence-corrected chi connectivity index (χ4v) is 1.43. The number of carboxylic acid groups (broad SMARTS) is 2. The van der Waals surface area contributed by atoms with Crippen molar-refractivity contribution in [1.29, 1.82) is 0 Å². The average Bonchev–Trinajstić information content (AvgIpc) is 2.17. The van der Waals surface area contributed by atoms with E-state index in [1.54, 1.807) is 32.0 Å². The van der Waals surface area contributed by atoms with E-state index in [0.717, 1.165) is 0 Å². The van der Waals surface area contributed by atoms with Crippen molar-refractivity contribution in [1.82, 2.24) is 0 Å². The lowest BCUT2D eigenvalue weighted by atomic mass is 9.84. The molecule has 86 valence electrons. The number of benzene rings is 1. The Morgan fingerprint density at radius 1 is 1.19 bits per heavy atom. The fourth-order valence-electron chi connectivity index (χ4n) is 1.43. The van der Waals surface area contributed by atoms with E-state index in [1.807, 2.05) is 0 Å². The van der Waals surface area contributed by atoms with Gasteiger partial charge in [0.05, 0.1) is 11.0 Å². The molecule has 0 amide bonds. The first-order valence-electron chi connectivity index (χ1n) is 4.89. The monoisotopic (exact) mass is 222 g/mol. The van der Waals surface area contributed by atoms with Gasteiger partial charge in [-0.05, 0) is 31.9 Å². The summed E-state index contributed by atoms with van der Waals surface area (Å²) in [6.45, 7) is 3.15. The molecule has 0 aromatic heterocycles. The van der Waals surface area contributed by atoms with Crippen molar-refractivity contribution in [3.63, 3.8) is 0 Å². The third-order valence-electron chi connectivity index (χ3n) is 2.46. The quantitative estimate of drug-likeness (QED) is 0.817. The Labute approximate surface area is 93.5 Å². The van der Waals surface area contributed by atoms with Crippen molar-refractivity contribution in [2.24, 2.45) is 5.41 Å². The van der Waals surface area contributed by atoms with Gasteiger partial charge in [0.25, 0.3) is 0 Å². The smallest absolute Gasteiger partial charge is 0.335 e. The van der Waals surface area contributed by atoms with Gasteiger partial charge in [0.15, 0.2) is 0 Å². The molecule has 0 spiro atoms. The van der Waals surface area contributed by atoms with Gasteiger partial charge in [-0.25, -0.2) is 4.79 Å². The minimum Gasteiger partial charge on any atom is -0.481 e. The van der Waals surface area contributed by atoms with Gasteiger partial charge in [0.1, 0.15) is 0 Å². The van der Waals surface area contributed by atoms with Gasteiger partial charge in [-0.1, -0.05) is 18.2 Å². The number of carboxylic acids is 2. The molecule has 1 rings (SSSR count). The van der Waals surface area contributed by atoms with Crippen LogP contribution in [0, 0.1) is 5.41 Å². The summed E-state index contributed by atoms with van der Waals surface area (Å²) in [6, 6.07) is 6.46. The highest BCUT2D eigenvalue weighted by atomic mass is 16.4. The van der Waals surface area contributed by atoms with Crippen molar-refractivity contribution in [3.8, 4) is 0 Å². The Kier molecular flexibility index (Phi) is 3.32. The van der Waals surface area contributed by atoms with E-state index < -0.39 is 17.4 Å². The van der Waals surface area contributed by atoms with Crippen LogP contribution in [0.3, 0.4) is 0 Å². The molecule has 0 aliphatic carbocycles. The van der Waals surface area contributed by atoms with Crippen LogP contribution in [0.15, 0.2) is 24.3 Å². The summed E-state index contributed by atoms with van der Waals surface area (Å²) >= 11 is 0. The molecule has 0 heterocycles. The van der Waals surface area contributed by atoms with Crippen molar-refractivity contribution in [2.75, 3.05) is 0 Å². The van der Waals surface area contributed by atoms with Gasteiger partial charge in [0.2, 0.25) is 0 Å². The van der Waals surface area contributed by atoms with Crippen LogP contribution in [0.25, 0.3) is 0 Å². The van der Waals surface area contributed by atoms with Crippen LogP contribution in [0.4, 0.5) is 0 Å². The molecule has 0 radical (unpaired) electrons. The second-order valence-corrected chi connectivity index (χ2v) is 4.33. The van der Waals surface area contributed by atoms with Crippen LogP contribution in [0.2, 0.25) is 0 Å². The third-order valence-corrected chi connectivity index (χ3v) is 2.46. The van der Waals surface area contributed by atoms with E-state index >= 15 is 0 Å². The highest BCUT2D eigenvalue weighted by molar-refractivity contribution is 5.89. The van der Waals surface area contributed by atoms with Gasteiger partial charge in [-0.3, -0.25) is 4.79 Å². The zero-order valence-corrected chi connectivity index (χ0v) is 9.23. The first-order valence-corrected chi connectivity index (χ1v) is 4.89. The second-order valence-electron chi connectivity index (χ2n) is 4.33. The number of hydrogen-bond acceptors (Lipinski definition) is 2. The van der Waals surface area contributed by atoms with Crippen LogP contribution in [-0.4, -0.2) is 22.2 Å². The van der Waals surface area contributed by atoms with Crippen LogP contribution in [-0.2, 0) is 11.2 Å². The lowest BCUT2D eigenvalue weighted by Gasteiger charge is -2.19. The fraction of sp³-hybridized carbons (Fsp3) is 0.333. The van der Waals surface area contributed by atoms with E-state index in [-0.39, 0.29) is 12.0 Å². The molecular formula is C12H14O4. The summed E-state index contributed by atoms with van der Waals surface area (Å²) < 4.78 is 0. The van der Waals surface area contributed by atoms with Gasteiger partial charge < -0.3 is 10.2 Å². The highest BCUT2D eigenvalue weighted by Crippen LogP contribution is 2.24. The second kappa shape index (κ2) is 4.35. The normalized spacial score (nSPS) is 11.1. The molecule has 2 N–H and O–H groups in total. The molecule has 0 atom stereocenters. The molecule has 4 heteroatoms. The molecule has 16 heavy (non-hydrogen) atoms. The van der Waals surface area contributed by atoms with Crippen LogP contribution in [0.1, 0.15) is 29.8 Å². The molecule has 0 fully saturated rings. The molecule has 0 saturated carbocycles. The molecule has 0 saturated heterocycles. The number of aromatic carboxylic acids is 1. The molecule has 4 nitrogen and oxygen atoms in total. The van der Waals surface area contributed by atoms with Gasteiger partial charge in [-0.15, -0.1) is 0 Å². The topological polar surface area (TPSA) is 74.6 Å². The van der Waals surface area contributed by atoms with E-state index in [4.69, 9.17) is 10.2 Å². The molecule has 0 aliphatic rings. The molecule has 0 bridgehead atoms. The van der Waals surface area contributed by atoms with Crippen molar-refractivity contribution >= 4 is 11.9 Å². The van der Waals surface area contributed by atoms with E-state index in [0.29, 0.717) is 5.56 Å². The summed E-state index contributed by atoms with van der Waals surface area (Å²) in [5, 5.41) is 17.9. The number of carbonyl (C=O) groups is 2. The maximum absolute atomic E-state index is 11.0. The van der Waals surface area contributed by atoms with Crippen molar-refractivity contribution in [2.45, 2.75) is 20.3 Å². The summed E-state index contributed by atoms with van der Waals surface area (Å²) in [6.07, 6.45) is 0.199. The summed E-state index contributed by atoms with van der Waals surface area (Å²) in [5.74, 6) is -1.97. The molecular weight excluding hydrogens is 208 g/mol. The first kappa shape index (κ1) is 12.2. The molecule has 1 aromatic carbocycles. The Morgan fingerprint density at radius 2 is 1.75 bits per heavy atom. The summed E-state index contributed by atoms with van der Waals surface area (Å²) in [7, 11) is 0. The zero-order valence-electron chi connectivity index (χ0n) is 9.23. The van der Waals surface area contributed by atoms with Gasteiger partial charge in [-0.2, -0.15) is 0 Å².